The fourth-order valence-electron chi connectivity index (χ4n) is 3.00. The van der Waals surface area contributed by atoms with E-state index in [1.165, 1.54) is 5.56 Å². The lowest BCUT2D eigenvalue weighted by atomic mass is 10.0. The summed E-state index contributed by atoms with van der Waals surface area (Å²) < 4.78 is 5.21. The second-order valence-electron chi connectivity index (χ2n) is 5.67. The van der Waals surface area contributed by atoms with Crippen LogP contribution >= 0.6 is 11.6 Å². The molecule has 0 bridgehead atoms. The van der Waals surface area contributed by atoms with Gasteiger partial charge in [-0.25, -0.2) is 4.79 Å². The topological polar surface area (TPSA) is 58.2 Å². The molecular weight excluding hydrogens is 302 g/mol. The second-order valence-corrected chi connectivity index (χ2v) is 6.08. The number of rotatable bonds is 3. The highest BCUT2D eigenvalue weighted by molar-refractivity contribution is 6.29. The standard InChI is InChI=1S/C16H18ClN3O2/c1-10-7-13(11-3-5-12(22-2)6-4-11)20(9-10)15-8-14(17)18-16(21)19-15/h3-6,8,10,13H,7,9H2,1-2H3,(H,18,19,21). The van der Waals surface area contributed by atoms with Gasteiger partial charge in [-0.3, -0.25) is 4.98 Å². The van der Waals surface area contributed by atoms with Crippen LogP contribution in [0.25, 0.3) is 0 Å². The minimum atomic E-state index is -0.421. The molecule has 1 aliphatic rings. The van der Waals surface area contributed by atoms with Gasteiger partial charge in [0.05, 0.1) is 13.2 Å². The van der Waals surface area contributed by atoms with Crippen LogP contribution in [-0.2, 0) is 0 Å². The Labute approximate surface area is 133 Å². The van der Waals surface area contributed by atoms with Gasteiger partial charge in [-0.1, -0.05) is 30.7 Å². The van der Waals surface area contributed by atoms with E-state index < -0.39 is 5.69 Å². The van der Waals surface area contributed by atoms with E-state index in [9.17, 15) is 4.79 Å². The normalized spacial score (nSPS) is 21.1. The van der Waals surface area contributed by atoms with Gasteiger partial charge < -0.3 is 9.64 Å². The SMILES string of the molecule is COc1ccc(C2CC(C)CN2c2cc(Cl)[nH]c(=O)n2)cc1. The van der Waals surface area contributed by atoms with Crippen LogP contribution in [0.4, 0.5) is 5.82 Å². The summed E-state index contributed by atoms with van der Waals surface area (Å²) in [5, 5.41) is 0.308. The van der Waals surface area contributed by atoms with Crippen molar-refractivity contribution in [3.05, 3.63) is 51.5 Å². The van der Waals surface area contributed by atoms with E-state index in [4.69, 9.17) is 16.3 Å². The minimum Gasteiger partial charge on any atom is -0.497 e. The maximum Gasteiger partial charge on any atom is 0.348 e. The Kier molecular flexibility index (Phi) is 4.07. The molecule has 1 aromatic heterocycles. The third-order valence-electron chi connectivity index (χ3n) is 4.00. The van der Waals surface area contributed by atoms with Gasteiger partial charge >= 0.3 is 5.69 Å². The van der Waals surface area contributed by atoms with Gasteiger partial charge in [0.15, 0.2) is 0 Å². The fourth-order valence-corrected chi connectivity index (χ4v) is 3.18. The summed E-state index contributed by atoms with van der Waals surface area (Å²) in [5.74, 6) is 1.98. The molecule has 1 N–H and O–H groups in total. The molecule has 3 rings (SSSR count). The van der Waals surface area contributed by atoms with E-state index in [1.807, 2.05) is 12.1 Å². The van der Waals surface area contributed by atoms with Crippen LogP contribution in [0, 0.1) is 5.92 Å². The van der Waals surface area contributed by atoms with E-state index in [0.29, 0.717) is 16.9 Å². The summed E-state index contributed by atoms with van der Waals surface area (Å²) in [6.07, 6.45) is 1.01. The summed E-state index contributed by atoms with van der Waals surface area (Å²) in [5.41, 5.74) is 0.763. The van der Waals surface area contributed by atoms with E-state index in [-0.39, 0.29) is 6.04 Å². The first kappa shape index (κ1) is 14.9. The van der Waals surface area contributed by atoms with Gasteiger partial charge in [0.25, 0.3) is 0 Å². The number of ether oxygens (including phenoxy) is 1. The number of aromatic amines is 1. The molecule has 2 unspecified atom stereocenters. The summed E-state index contributed by atoms with van der Waals surface area (Å²) in [6, 6.07) is 9.92. The zero-order valence-corrected chi connectivity index (χ0v) is 13.3. The lowest BCUT2D eigenvalue weighted by Gasteiger charge is -2.26. The molecule has 1 aliphatic heterocycles. The third kappa shape index (κ3) is 2.95. The molecular formula is C16H18ClN3O2. The average Bonchev–Trinajstić information content (AvgIpc) is 2.88. The molecule has 2 atom stereocenters. The van der Waals surface area contributed by atoms with Crippen molar-refractivity contribution in [2.75, 3.05) is 18.6 Å². The molecule has 1 fully saturated rings. The van der Waals surface area contributed by atoms with Gasteiger partial charge in [0.2, 0.25) is 0 Å². The molecule has 0 aliphatic carbocycles. The Morgan fingerprint density at radius 3 is 2.73 bits per heavy atom. The van der Waals surface area contributed by atoms with E-state index >= 15 is 0 Å². The smallest absolute Gasteiger partial charge is 0.348 e. The first-order valence-electron chi connectivity index (χ1n) is 7.24. The zero-order valence-electron chi connectivity index (χ0n) is 12.5. The van der Waals surface area contributed by atoms with Gasteiger partial charge in [-0.15, -0.1) is 0 Å². The van der Waals surface area contributed by atoms with Crippen molar-refractivity contribution in [1.82, 2.24) is 9.97 Å². The van der Waals surface area contributed by atoms with Gasteiger partial charge in [0, 0.05) is 12.6 Å². The van der Waals surface area contributed by atoms with E-state index in [1.54, 1.807) is 13.2 Å². The van der Waals surface area contributed by atoms with Crippen molar-refractivity contribution in [1.29, 1.82) is 0 Å². The molecule has 5 nitrogen and oxygen atoms in total. The summed E-state index contributed by atoms with van der Waals surface area (Å²) in [7, 11) is 1.65. The van der Waals surface area contributed by atoms with Crippen LogP contribution < -0.4 is 15.3 Å². The van der Waals surface area contributed by atoms with Gasteiger partial charge in [-0.2, -0.15) is 4.98 Å². The molecule has 1 saturated heterocycles. The number of nitrogens with zero attached hydrogens (tertiary/aromatic N) is 2. The highest BCUT2D eigenvalue weighted by Crippen LogP contribution is 2.38. The maximum atomic E-state index is 11.6. The largest absolute Gasteiger partial charge is 0.497 e. The second kappa shape index (κ2) is 6.01. The predicted molar refractivity (Wildman–Crippen MR) is 86.7 cm³/mol. The van der Waals surface area contributed by atoms with Crippen molar-refractivity contribution in [3.8, 4) is 5.75 Å². The number of H-pyrrole nitrogens is 1. The molecule has 0 amide bonds. The molecule has 0 spiro atoms. The number of benzene rings is 1. The molecule has 0 radical (unpaired) electrons. The van der Waals surface area contributed by atoms with Crippen LogP contribution in [0.2, 0.25) is 5.15 Å². The van der Waals surface area contributed by atoms with Crippen molar-refractivity contribution in [2.24, 2.45) is 5.92 Å². The Balaban J connectivity index is 1.96. The first-order chi connectivity index (χ1) is 10.6. The quantitative estimate of drug-likeness (QED) is 0.884. The van der Waals surface area contributed by atoms with Crippen LogP contribution in [-0.4, -0.2) is 23.6 Å². The monoisotopic (exact) mass is 319 g/mol. The number of nitrogens with one attached hydrogen (secondary N) is 1. The van der Waals surface area contributed by atoms with Crippen LogP contribution in [0.15, 0.2) is 35.1 Å². The van der Waals surface area contributed by atoms with Gasteiger partial charge in [-0.05, 0) is 30.0 Å². The lowest BCUT2D eigenvalue weighted by Crippen LogP contribution is -2.27. The van der Waals surface area contributed by atoms with Crippen LogP contribution in [0.1, 0.15) is 24.9 Å². The number of hydrogen-bond donors (Lipinski definition) is 1. The van der Waals surface area contributed by atoms with Crippen molar-refractivity contribution >= 4 is 17.4 Å². The summed E-state index contributed by atoms with van der Waals surface area (Å²) >= 11 is 5.96. The zero-order chi connectivity index (χ0) is 15.7. The summed E-state index contributed by atoms with van der Waals surface area (Å²) in [4.78, 5) is 20.3. The highest BCUT2D eigenvalue weighted by atomic mass is 35.5. The van der Waals surface area contributed by atoms with Crippen molar-refractivity contribution < 1.29 is 4.74 Å². The van der Waals surface area contributed by atoms with Crippen molar-refractivity contribution in [3.63, 3.8) is 0 Å². The third-order valence-corrected chi connectivity index (χ3v) is 4.21. The fraction of sp³-hybridized carbons (Fsp3) is 0.375. The average molecular weight is 320 g/mol. The van der Waals surface area contributed by atoms with E-state index in [2.05, 4.69) is 33.9 Å². The lowest BCUT2D eigenvalue weighted by molar-refractivity contribution is 0.414. The molecule has 1 aromatic carbocycles. The first-order valence-corrected chi connectivity index (χ1v) is 7.62. The predicted octanol–water partition coefficient (Wildman–Crippen LogP) is 3.02. The number of aromatic nitrogens is 2. The minimum absolute atomic E-state index is 0.186. The molecule has 2 aromatic rings. The Morgan fingerprint density at radius 2 is 2.09 bits per heavy atom. The highest BCUT2D eigenvalue weighted by Gasteiger charge is 2.32. The number of halogens is 1. The maximum absolute atomic E-state index is 11.6. The Morgan fingerprint density at radius 1 is 1.36 bits per heavy atom. The number of methoxy groups -OCH3 is 1. The van der Waals surface area contributed by atoms with Crippen molar-refractivity contribution in [2.45, 2.75) is 19.4 Å². The molecule has 0 saturated carbocycles. The molecule has 2 heterocycles. The molecule has 6 heteroatoms. The summed E-state index contributed by atoms with van der Waals surface area (Å²) in [6.45, 7) is 3.05. The van der Waals surface area contributed by atoms with E-state index in [0.717, 1.165) is 18.7 Å². The molecule has 116 valence electrons. The Hall–Kier alpha value is -2.01. The molecule has 22 heavy (non-hydrogen) atoms. The number of anilines is 1. The number of hydrogen-bond acceptors (Lipinski definition) is 4. The van der Waals surface area contributed by atoms with Crippen LogP contribution in [0.3, 0.4) is 0 Å². The van der Waals surface area contributed by atoms with Gasteiger partial charge in [0.1, 0.15) is 16.7 Å². The van der Waals surface area contributed by atoms with Crippen LogP contribution in [0.5, 0.6) is 5.75 Å². The Bertz CT molecular complexity index is 714.